The van der Waals surface area contributed by atoms with Crippen molar-refractivity contribution in [3.05, 3.63) is 90.8 Å². The number of allylic oxidation sites excluding steroid dienone is 1. The third-order valence-corrected chi connectivity index (χ3v) is 5.32. The van der Waals surface area contributed by atoms with E-state index in [1.807, 2.05) is 66.7 Å². The van der Waals surface area contributed by atoms with Gasteiger partial charge in [0.2, 0.25) is 0 Å². The number of benzene rings is 3. The average molecular weight is 445 g/mol. The molecule has 1 aromatic heterocycles. The minimum absolute atomic E-state index is 0.335. The Morgan fingerprint density at radius 1 is 0.879 bits per heavy atom. The number of methoxy groups -OCH3 is 2. The molecular formula is C27H28N2O4. The maximum atomic E-state index is 6.07. The van der Waals surface area contributed by atoms with Crippen LogP contribution in [0.3, 0.4) is 0 Å². The van der Waals surface area contributed by atoms with Gasteiger partial charge in [-0.3, -0.25) is 0 Å². The second kappa shape index (κ2) is 10.6. The lowest BCUT2D eigenvalue weighted by atomic mass is 10.1. The Balaban J connectivity index is 1.49. The minimum Gasteiger partial charge on any atom is -0.497 e. The molecule has 0 fully saturated rings. The summed E-state index contributed by atoms with van der Waals surface area (Å²) in [5.41, 5.74) is 3.10. The summed E-state index contributed by atoms with van der Waals surface area (Å²) < 4.78 is 25.0. The fourth-order valence-corrected chi connectivity index (χ4v) is 3.70. The van der Waals surface area contributed by atoms with Crippen LogP contribution in [-0.2, 0) is 19.6 Å². The van der Waals surface area contributed by atoms with Gasteiger partial charge in [-0.15, -0.1) is 6.58 Å². The van der Waals surface area contributed by atoms with E-state index in [2.05, 4.69) is 17.2 Å². The zero-order chi connectivity index (χ0) is 23.0. The van der Waals surface area contributed by atoms with Gasteiger partial charge in [-0.1, -0.05) is 30.3 Å². The molecular weight excluding hydrogens is 416 g/mol. The molecule has 0 atom stereocenters. The van der Waals surface area contributed by atoms with Gasteiger partial charge in [0, 0.05) is 6.07 Å². The largest absolute Gasteiger partial charge is 0.497 e. The fraction of sp³-hybridized carbons (Fsp3) is 0.222. The van der Waals surface area contributed by atoms with Gasteiger partial charge in [-0.05, 0) is 48.4 Å². The second-order valence-corrected chi connectivity index (χ2v) is 7.46. The van der Waals surface area contributed by atoms with Crippen LogP contribution in [0.2, 0.25) is 0 Å². The van der Waals surface area contributed by atoms with Crippen LogP contribution in [0.1, 0.15) is 11.4 Å². The number of para-hydroxylation sites is 2. The van der Waals surface area contributed by atoms with Gasteiger partial charge in [0.25, 0.3) is 0 Å². The van der Waals surface area contributed by atoms with Gasteiger partial charge in [0.1, 0.15) is 30.5 Å². The molecule has 0 amide bonds. The van der Waals surface area contributed by atoms with Crippen LogP contribution < -0.4 is 18.9 Å². The van der Waals surface area contributed by atoms with Gasteiger partial charge in [-0.25, -0.2) is 4.98 Å². The van der Waals surface area contributed by atoms with Gasteiger partial charge in [-0.2, -0.15) is 0 Å². The topological polar surface area (TPSA) is 54.7 Å². The molecule has 170 valence electrons. The number of rotatable bonds is 11. The van der Waals surface area contributed by atoms with Crippen molar-refractivity contribution in [2.75, 3.05) is 20.8 Å². The lowest BCUT2D eigenvalue weighted by Crippen LogP contribution is -2.13. The first-order valence-electron chi connectivity index (χ1n) is 10.8. The highest BCUT2D eigenvalue weighted by Gasteiger charge is 2.12. The summed E-state index contributed by atoms with van der Waals surface area (Å²) in [7, 11) is 3.29. The Bertz CT molecular complexity index is 1230. The highest BCUT2D eigenvalue weighted by molar-refractivity contribution is 5.75. The van der Waals surface area contributed by atoms with Gasteiger partial charge >= 0.3 is 0 Å². The Hall–Kier alpha value is -3.93. The fourth-order valence-electron chi connectivity index (χ4n) is 3.70. The number of nitrogens with zero attached hydrogens (tertiary/aromatic N) is 2. The molecule has 0 spiro atoms. The second-order valence-electron chi connectivity index (χ2n) is 7.46. The van der Waals surface area contributed by atoms with E-state index in [1.165, 1.54) is 0 Å². The van der Waals surface area contributed by atoms with Crippen molar-refractivity contribution >= 4 is 11.0 Å². The van der Waals surface area contributed by atoms with E-state index in [0.717, 1.165) is 40.3 Å². The summed E-state index contributed by atoms with van der Waals surface area (Å²) in [6.45, 7) is 5.21. The van der Waals surface area contributed by atoms with E-state index < -0.39 is 0 Å². The molecule has 33 heavy (non-hydrogen) atoms. The zero-order valence-electron chi connectivity index (χ0n) is 19.0. The molecule has 3 aromatic carbocycles. The predicted molar refractivity (Wildman–Crippen MR) is 129 cm³/mol. The van der Waals surface area contributed by atoms with E-state index in [4.69, 9.17) is 23.9 Å². The molecule has 0 aliphatic carbocycles. The average Bonchev–Trinajstić information content (AvgIpc) is 3.21. The summed E-state index contributed by atoms with van der Waals surface area (Å²) in [6.07, 6.45) is 2.66. The highest BCUT2D eigenvalue weighted by Crippen LogP contribution is 2.29. The van der Waals surface area contributed by atoms with E-state index in [1.54, 1.807) is 14.2 Å². The standard InChI is InChI=1S/C27H28N2O4/c1-4-8-20-13-14-25(26(17-20)31-3)32-16-15-29-24-12-6-5-11-23(24)28-27(29)19-33-22-10-7-9-21(18-22)30-2/h4-7,9-14,17-18H,1,8,15-16,19H2,2-3H3. The SMILES string of the molecule is C=CCc1ccc(OCCn2c(COc3cccc(OC)c3)nc3ccccc32)c(OC)c1. The molecule has 0 saturated carbocycles. The van der Waals surface area contributed by atoms with Crippen molar-refractivity contribution in [2.24, 2.45) is 0 Å². The maximum absolute atomic E-state index is 6.07. The van der Waals surface area contributed by atoms with Crippen molar-refractivity contribution in [1.29, 1.82) is 0 Å². The van der Waals surface area contributed by atoms with Crippen molar-refractivity contribution in [3.8, 4) is 23.0 Å². The summed E-state index contributed by atoms with van der Waals surface area (Å²) in [4.78, 5) is 4.78. The number of fused-ring (bicyclic) bond motifs is 1. The van der Waals surface area contributed by atoms with Crippen LogP contribution in [0.5, 0.6) is 23.0 Å². The van der Waals surface area contributed by atoms with Crippen LogP contribution >= 0.6 is 0 Å². The quantitative estimate of drug-likeness (QED) is 0.288. The Morgan fingerprint density at radius 2 is 1.73 bits per heavy atom. The molecule has 1 heterocycles. The molecule has 4 aromatic rings. The first-order valence-corrected chi connectivity index (χ1v) is 10.8. The third-order valence-electron chi connectivity index (χ3n) is 5.32. The minimum atomic E-state index is 0.335. The summed E-state index contributed by atoms with van der Waals surface area (Å²) in [6, 6.07) is 21.6. The van der Waals surface area contributed by atoms with Crippen molar-refractivity contribution in [2.45, 2.75) is 19.6 Å². The van der Waals surface area contributed by atoms with Crippen LogP contribution in [0.4, 0.5) is 0 Å². The van der Waals surface area contributed by atoms with Crippen molar-refractivity contribution in [3.63, 3.8) is 0 Å². The first kappa shape index (κ1) is 22.3. The van der Waals surface area contributed by atoms with Crippen LogP contribution in [0, 0.1) is 0 Å². The number of imidazole rings is 1. The van der Waals surface area contributed by atoms with E-state index >= 15 is 0 Å². The lowest BCUT2D eigenvalue weighted by molar-refractivity contribution is 0.264. The number of hydrogen-bond acceptors (Lipinski definition) is 5. The van der Waals surface area contributed by atoms with E-state index in [-0.39, 0.29) is 0 Å². The maximum Gasteiger partial charge on any atom is 0.161 e. The van der Waals surface area contributed by atoms with Crippen LogP contribution in [0.25, 0.3) is 11.0 Å². The molecule has 0 unspecified atom stereocenters. The first-order chi connectivity index (χ1) is 16.2. The van der Waals surface area contributed by atoms with E-state index in [9.17, 15) is 0 Å². The van der Waals surface area contributed by atoms with Gasteiger partial charge < -0.3 is 23.5 Å². The summed E-state index contributed by atoms with van der Waals surface area (Å²) in [5.74, 6) is 3.74. The molecule has 6 nitrogen and oxygen atoms in total. The van der Waals surface area contributed by atoms with E-state index in [0.29, 0.717) is 31.3 Å². The molecule has 0 aliphatic rings. The highest BCUT2D eigenvalue weighted by atomic mass is 16.5. The Labute approximate surface area is 194 Å². The lowest BCUT2D eigenvalue weighted by Gasteiger charge is -2.14. The molecule has 4 rings (SSSR count). The summed E-state index contributed by atoms with van der Waals surface area (Å²) >= 11 is 0. The van der Waals surface area contributed by atoms with Gasteiger partial charge in [0.15, 0.2) is 11.5 Å². The molecule has 0 bridgehead atoms. The molecule has 0 radical (unpaired) electrons. The predicted octanol–water partition coefficient (Wildman–Crippen LogP) is 5.44. The molecule has 0 N–H and O–H groups in total. The van der Waals surface area contributed by atoms with Crippen molar-refractivity contribution in [1.82, 2.24) is 9.55 Å². The van der Waals surface area contributed by atoms with Crippen LogP contribution in [-0.4, -0.2) is 30.4 Å². The number of hydrogen-bond donors (Lipinski definition) is 0. The van der Waals surface area contributed by atoms with Crippen LogP contribution in [0.15, 0.2) is 79.4 Å². The van der Waals surface area contributed by atoms with Crippen molar-refractivity contribution < 1.29 is 18.9 Å². The molecule has 0 aliphatic heterocycles. The normalized spacial score (nSPS) is 10.7. The third kappa shape index (κ3) is 5.29. The zero-order valence-corrected chi connectivity index (χ0v) is 19.0. The monoisotopic (exact) mass is 444 g/mol. The Morgan fingerprint density at radius 3 is 2.55 bits per heavy atom. The smallest absolute Gasteiger partial charge is 0.161 e. The van der Waals surface area contributed by atoms with Gasteiger partial charge in [0.05, 0.1) is 31.8 Å². The summed E-state index contributed by atoms with van der Waals surface area (Å²) in [5, 5.41) is 0. The molecule has 0 saturated heterocycles. The Kier molecular flexibility index (Phi) is 7.15. The molecule has 6 heteroatoms. The number of aromatic nitrogens is 2. The number of ether oxygens (including phenoxy) is 4.